The number of fused-ring (bicyclic) bond motifs is 5. The lowest BCUT2D eigenvalue weighted by atomic mass is 9.39. The summed E-state index contributed by atoms with van der Waals surface area (Å²) in [6.45, 7) is 2.35. The van der Waals surface area contributed by atoms with Crippen molar-refractivity contribution in [2.75, 3.05) is 11.9 Å². The lowest BCUT2D eigenvalue weighted by Crippen LogP contribution is -2.72. The minimum absolute atomic E-state index is 0.0241. The van der Waals surface area contributed by atoms with Crippen molar-refractivity contribution in [3.8, 4) is 0 Å². The summed E-state index contributed by atoms with van der Waals surface area (Å²) in [6, 6.07) is 0. The molecule has 1 aliphatic heterocycles. The van der Waals surface area contributed by atoms with Gasteiger partial charge in [-0.05, 0) is 68.3 Å². The molecule has 3 N–H and O–H groups in total. The van der Waals surface area contributed by atoms with Gasteiger partial charge in [-0.3, -0.25) is 4.79 Å². The third kappa shape index (κ3) is 2.93. The van der Waals surface area contributed by atoms with E-state index < -0.39 is 34.1 Å². The molecule has 0 aromatic rings. The fourth-order valence-electron chi connectivity index (χ4n) is 8.98. The standard InChI is InChI=1S/C25H33BrO7/c1-22-5-2-17-18(25(22,32)7-4-16(22)14-8-21(30)33-12-14)3-6-23(31)10-15(28)9-19(20(29)11-26)24(17,23)13-27/h8,13,15-19,28,31-32H,2-7,9-12H2,1H3/t15-,16+,17-,18+,19?,22+,23-,24-,25-/m0/s1. The molecule has 5 aliphatic rings. The molecule has 33 heavy (non-hydrogen) atoms. The molecule has 8 heteroatoms. The van der Waals surface area contributed by atoms with E-state index in [1.165, 1.54) is 0 Å². The zero-order valence-corrected chi connectivity index (χ0v) is 20.6. The molecule has 0 amide bonds. The molecule has 0 aromatic carbocycles. The summed E-state index contributed by atoms with van der Waals surface area (Å²) in [5, 5.41) is 34.7. The number of carbonyl (C=O) groups is 3. The number of halogens is 1. The van der Waals surface area contributed by atoms with Crippen LogP contribution in [0.1, 0.15) is 58.3 Å². The average molecular weight is 525 g/mol. The maximum absolute atomic E-state index is 13.0. The molecular weight excluding hydrogens is 492 g/mol. The maximum atomic E-state index is 13.0. The molecule has 0 spiro atoms. The van der Waals surface area contributed by atoms with Crippen molar-refractivity contribution < 1.29 is 34.4 Å². The fraction of sp³-hybridized carbons (Fsp3) is 0.800. The second kappa shape index (κ2) is 7.70. The third-order valence-corrected chi connectivity index (χ3v) is 11.0. The minimum atomic E-state index is -1.47. The van der Waals surface area contributed by atoms with Gasteiger partial charge in [-0.1, -0.05) is 22.9 Å². The van der Waals surface area contributed by atoms with Crippen LogP contribution >= 0.6 is 15.9 Å². The van der Waals surface area contributed by atoms with Crippen LogP contribution in [0.15, 0.2) is 11.6 Å². The number of aliphatic hydroxyl groups excluding tert-OH is 1. The smallest absolute Gasteiger partial charge is 0.331 e. The second-order valence-corrected chi connectivity index (χ2v) is 11.9. The van der Waals surface area contributed by atoms with Crippen LogP contribution in [0.3, 0.4) is 0 Å². The van der Waals surface area contributed by atoms with Crippen LogP contribution in [-0.4, -0.2) is 62.6 Å². The van der Waals surface area contributed by atoms with Gasteiger partial charge >= 0.3 is 5.97 Å². The predicted octanol–water partition coefficient (Wildman–Crippen LogP) is 2.09. The minimum Gasteiger partial charge on any atom is -0.458 e. The van der Waals surface area contributed by atoms with Gasteiger partial charge in [0.2, 0.25) is 0 Å². The van der Waals surface area contributed by atoms with E-state index in [9.17, 15) is 29.7 Å². The van der Waals surface area contributed by atoms with Crippen LogP contribution in [0.2, 0.25) is 0 Å². The number of hydrogen-bond donors (Lipinski definition) is 3. The number of ketones is 1. The molecule has 1 heterocycles. The molecule has 0 bridgehead atoms. The Labute approximate surface area is 202 Å². The number of ether oxygens (including phenoxy) is 1. The highest BCUT2D eigenvalue weighted by Gasteiger charge is 2.74. The van der Waals surface area contributed by atoms with Crippen molar-refractivity contribution >= 4 is 34.0 Å². The SMILES string of the molecule is C[C@]12CC[C@H]3[C@@H](CC[C@]4(O)C[C@@H](O)CC(C(=O)CBr)[C@]34C=O)[C@@]1(O)CC[C@@H]2C1=CC(=O)OC1. The Hall–Kier alpha value is -1.09. The van der Waals surface area contributed by atoms with Gasteiger partial charge in [-0.2, -0.15) is 0 Å². The Morgan fingerprint density at radius 3 is 2.58 bits per heavy atom. The second-order valence-electron chi connectivity index (χ2n) is 11.4. The Bertz CT molecular complexity index is 918. The van der Waals surface area contributed by atoms with Gasteiger partial charge in [0.05, 0.1) is 28.1 Å². The quantitative estimate of drug-likeness (QED) is 0.292. The summed E-state index contributed by atoms with van der Waals surface area (Å²) in [5.41, 5.74) is -3.39. The van der Waals surface area contributed by atoms with Gasteiger partial charge in [0.25, 0.3) is 0 Å². The fourth-order valence-corrected chi connectivity index (χ4v) is 9.37. The van der Waals surface area contributed by atoms with E-state index in [0.29, 0.717) is 25.7 Å². The van der Waals surface area contributed by atoms with Gasteiger partial charge < -0.3 is 24.9 Å². The zero-order chi connectivity index (χ0) is 23.8. The van der Waals surface area contributed by atoms with Gasteiger partial charge in [-0.15, -0.1) is 0 Å². The lowest BCUT2D eigenvalue weighted by Gasteiger charge is -2.66. The van der Waals surface area contributed by atoms with Crippen molar-refractivity contribution in [3.05, 3.63) is 11.6 Å². The first-order valence-electron chi connectivity index (χ1n) is 12.1. The number of hydrogen-bond acceptors (Lipinski definition) is 7. The zero-order valence-electron chi connectivity index (χ0n) is 19.0. The van der Waals surface area contributed by atoms with Crippen LogP contribution < -0.4 is 0 Å². The van der Waals surface area contributed by atoms with E-state index in [2.05, 4.69) is 22.9 Å². The van der Waals surface area contributed by atoms with Crippen molar-refractivity contribution in [3.63, 3.8) is 0 Å². The summed E-state index contributed by atoms with van der Waals surface area (Å²) >= 11 is 3.24. The van der Waals surface area contributed by atoms with E-state index in [4.69, 9.17) is 4.74 Å². The molecule has 9 atom stereocenters. The van der Waals surface area contributed by atoms with Crippen LogP contribution in [0.5, 0.6) is 0 Å². The Morgan fingerprint density at radius 2 is 1.94 bits per heavy atom. The Balaban J connectivity index is 1.57. The molecule has 4 saturated carbocycles. The monoisotopic (exact) mass is 524 g/mol. The summed E-state index contributed by atoms with van der Waals surface area (Å²) in [5.74, 6) is -1.87. The number of cyclic esters (lactones) is 1. The molecule has 0 saturated heterocycles. The number of aliphatic hydroxyl groups is 3. The predicted molar refractivity (Wildman–Crippen MR) is 121 cm³/mol. The Morgan fingerprint density at radius 1 is 1.21 bits per heavy atom. The molecule has 7 nitrogen and oxygen atoms in total. The van der Waals surface area contributed by atoms with Crippen LogP contribution in [0.4, 0.5) is 0 Å². The average Bonchev–Trinajstić information content (AvgIpc) is 3.31. The Kier molecular flexibility index (Phi) is 5.52. The summed E-state index contributed by atoms with van der Waals surface area (Å²) in [4.78, 5) is 37.7. The summed E-state index contributed by atoms with van der Waals surface area (Å²) < 4.78 is 5.16. The number of alkyl halides is 1. The number of Topliss-reactive ketones (excluding diaryl/α,β-unsaturated/α-hetero) is 1. The number of carbonyl (C=O) groups excluding carboxylic acids is 3. The third-order valence-electron chi connectivity index (χ3n) is 10.4. The highest BCUT2D eigenvalue weighted by molar-refractivity contribution is 9.09. The first kappa shape index (κ1) is 23.6. The highest BCUT2D eigenvalue weighted by atomic mass is 79.9. The van der Waals surface area contributed by atoms with Gasteiger partial charge in [0, 0.05) is 23.8 Å². The molecular formula is C25H33BrO7. The molecule has 0 radical (unpaired) electrons. The first-order chi connectivity index (χ1) is 15.6. The van der Waals surface area contributed by atoms with Crippen molar-refractivity contribution in [1.29, 1.82) is 0 Å². The van der Waals surface area contributed by atoms with Crippen molar-refractivity contribution in [2.45, 2.75) is 75.6 Å². The van der Waals surface area contributed by atoms with Crippen molar-refractivity contribution in [2.24, 2.45) is 34.5 Å². The van der Waals surface area contributed by atoms with E-state index in [-0.39, 0.29) is 60.7 Å². The topological polar surface area (TPSA) is 121 Å². The summed E-state index contributed by atoms with van der Waals surface area (Å²) in [7, 11) is 0. The highest BCUT2D eigenvalue weighted by Crippen LogP contribution is 2.71. The van der Waals surface area contributed by atoms with Gasteiger partial charge in [0.1, 0.15) is 18.7 Å². The first-order valence-corrected chi connectivity index (χ1v) is 13.2. The van der Waals surface area contributed by atoms with E-state index in [1.807, 2.05) is 0 Å². The molecule has 182 valence electrons. The largest absolute Gasteiger partial charge is 0.458 e. The molecule has 4 fully saturated rings. The lowest BCUT2D eigenvalue weighted by molar-refractivity contribution is -0.260. The van der Waals surface area contributed by atoms with Crippen LogP contribution in [0.25, 0.3) is 0 Å². The normalized spacial score (nSPS) is 51.1. The van der Waals surface area contributed by atoms with E-state index >= 15 is 0 Å². The molecule has 0 aromatic heterocycles. The maximum Gasteiger partial charge on any atom is 0.331 e. The number of aldehydes is 1. The van der Waals surface area contributed by atoms with Crippen LogP contribution in [0, 0.1) is 34.5 Å². The number of rotatable bonds is 4. The van der Waals surface area contributed by atoms with E-state index in [1.54, 1.807) is 6.08 Å². The number of esters is 1. The van der Waals surface area contributed by atoms with Crippen molar-refractivity contribution in [1.82, 2.24) is 0 Å². The van der Waals surface area contributed by atoms with Gasteiger partial charge in [-0.25, -0.2) is 4.79 Å². The summed E-state index contributed by atoms with van der Waals surface area (Å²) in [6.07, 6.45) is 5.06. The molecule has 1 unspecified atom stereocenters. The molecule has 4 aliphatic carbocycles. The van der Waals surface area contributed by atoms with E-state index in [0.717, 1.165) is 18.3 Å². The van der Waals surface area contributed by atoms with Crippen LogP contribution in [-0.2, 0) is 19.1 Å². The molecule has 5 rings (SSSR count). The van der Waals surface area contributed by atoms with Gasteiger partial charge in [0.15, 0.2) is 0 Å².